The number of nitrogens with one attached hydrogen (secondary N) is 1. The first-order valence-corrected chi connectivity index (χ1v) is 6.76. The Balaban J connectivity index is 1.90. The fourth-order valence-corrected chi connectivity index (χ4v) is 2.43. The fraction of sp³-hybridized carbons (Fsp3) is 0.600. The molecule has 1 aromatic carbocycles. The van der Waals surface area contributed by atoms with Crippen molar-refractivity contribution in [1.29, 1.82) is 0 Å². The van der Waals surface area contributed by atoms with Gasteiger partial charge in [0, 0.05) is 25.2 Å². The number of likely N-dealkylation sites (N-methyl/N-ethyl adjacent to an activating group) is 1. The number of fused-ring (bicyclic) bond motifs is 1. The van der Waals surface area contributed by atoms with Crippen LogP contribution in [0.2, 0.25) is 0 Å². The molecule has 100 valence electrons. The second-order valence-electron chi connectivity index (χ2n) is 5.51. The van der Waals surface area contributed by atoms with Crippen LogP contribution in [-0.2, 0) is 13.0 Å². The third-order valence-corrected chi connectivity index (χ3v) is 4.14. The first kappa shape index (κ1) is 13.5. The van der Waals surface area contributed by atoms with Gasteiger partial charge < -0.3 is 10.4 Å². The topological polar surface area (TPSA) is 35.5 Å². The van der Waals surface area contributed by atoms with E-state index < -0.39 is 0 Å². The first-order valence-electron chi connectivity index (χ1n) is 6.76. The maximum absolute atomic E-state index is 9.39. The van der Waals surface area contributed by atoms with Crippen molar-refractivity contribution in [1.82, 2.24) is 10.2 Å². The molecule has 1 aliphatic heterocycles. The lowest BCUT2D eigenvalue weighted by atomic mass is 9.96. The van der Waals surface area contributed by atoms with Crippen molar-refractivity contribution in [2.75, 3.05) is 26.7 Å². The van der Waals surface area contributed by atoms with Gasteiger partial charge in [0.2, 0.25) is 0 Å². The third kappa shape index (κ3) is 3.10. The van der Waals surface area contributed by atoms with Gasteiger partial charge in [-0.05, 0) is 37.9 Å². The SMILES string of the molecule is CNC(C)(CO)CCN1CCc2ccccc2C1. The molecule has 0 aliphatic carbocycles. The van der Waals surface area contributed by atoms with Crippen LogP contribution in [0.3, 0.4) is 0 Å². The largest absolute Gasteiger partial charge is 0.394 e. The van der Waals surface area contributed by atoms with Crippen molar-refractivity contribution in [3.05, 3.63) is 35.4 Å². The lowest BCUT2D eigenvalue weighted by Gasteiger charge is -2.33. The smallest absolute Gasteiger partial charge is 0.0610 e. The molecule has 0 aromatic heterocycles. The van der Waals surface area contributed by atoms with Gasteiger partial charge >= 0.3 is 0 Å². The summed E-state index contributed by atoms with van der Waals surface area (Å²) in [6.07, 6.45) is 2.12. The molecule has 1 heterocycles. The van der Waals surface area contributed by atoms with Crippen LogP contribution >= 0.6 is 0 Å². The minimum absolute atomic E-state index is 0.156. The van der Waals surface area contributed by atoms with E-state index in [-0.39, 0.29) is 12.1 Å². The molecule has 1 aliphatic rings. The highest BCUT2D eigenvalue weighted by atomic mass is 16.3. The molecular weight excluding hydrogens is 224 g/mol. The number of nitrogens with zero attached hydrogens (tertiary/aromatic N) is 1. The van der Waals surface area contributed by atoms with Gasteiger partial charge in [0.1, 0.15) is 0 Å². The second kappa shape index (κ2) is 5.83. The molecule has 0 saturated heterocycles. The zero-order chi connectivity index (χ0) is 13.0. The van der Waals surface area contributed by atoms with Crippen molar-refractivity contribution in [3.8, 4) is 0 Å². The molecule has 0 saturated carbocycles. The zero-order valence-electron chi connectivity index (χ0n) is 11.4. The fourth-order valence-electron chi connectivity index (χ4n) is 2.43. The van der Waals surface area contributed by atoms with E-state index in [1.807, 2.05) is 7.05 Å². The number of aliphatic hydroxyl groups excluding tert-OH is 1. The standard InChI is InChI=1S/C15H24N2O/c1-15(12-18,16-2)8-10-17-9-7-13-5-3-4-6-14(13)11-17/h3-6,16,18H,7-12H2,1-2H3. The zero-order valence-corrected chi connectivity index (χ0v) is 11.4. The van der Waals surface area contributed by atoms with Crippen LogP contribution in [0.25, 0.3) is 0 Å². The molecule has 3 heteroatoms. The highest BCUT2D eigenvalue weighted by Crippen LogP contribution is 2.19. The Bertz CT molecular complexity index is 388. The average molecular weight is 248 g/mol. The predicted octanol–water partition coefficient (Wildman–Crippen LogP) is 1.41. The van der Waals surface area contributed by atoms with Gasteiger partial charge in [-0.3, -0.25) is 4.90 Å². The summed E-state index contributed by atoms with van der Waals surface area (Å²) in [5.74, 6) is 0. The van der Waals surface area contributed by atoms with E-state index in [0.717, 1.165) is 32.5 Å². The molecule has 0 fully saturated rings. The maximum Gasteiger partial charge on any atom is 0.0610 e. The number of aliphatic hydroxyl groups is 1. The van der Waals surface area contributed by atoms with Gasteiger partial charge in [-0.15, -0.1) is 0 Å². The van der Waals surface area contributed by atoms with E-state index in [1.54, 1.807) is 0 Å². The number of hydrogen-bond acceptors (Lipinski definition) is 3. The summed E-state index contributed by atoms with van der Waals surface area (Å²) in [5.41, 5.74) is 2.79. The Labute approximate surface area is 110 Å². The van der Waals surface area contributed by atoms with Crippen LogP contribution in [0.15, 0.2) is 24.3 Å². The van der Waals surface area contributed by atoms with Gasteiger partial charge in [0.15, 0.2) is 0 Å². The maximum atomic E-state index is 9.39. The monoisotopic (exact) mass is 248 g/mol. The lowest BCUT2D eigenvalue weighted by molar-refractivity contribution is 0.147. The molecule has 18 heavy (non-hydrogen) atoms. The highest BCUT2D eigenvalue weighted by Gasteiger charge is 2.23. The van der Waals surface area contributed by atoms with Crippen LogP contribution in [0, 0.1) is 0 Å². The summed E-state index contributed by atoms with van der Waals surface area (Å²) in [4.78, 5) is 2.48. The van der Waals surface area contributed by atoms with E-state index in [0.29, 0.717) is 0 Å². The summed E-state index contributed by atoms with van der Waals surface area (Å²) in [7, 11) is 1.92. The van der Waals surface area contributed by atoms with Gasteiger partial charge in [0.05, 0.1) is 6.61 Å². The number of benzene rings is 1. The summed E-state index contributed by atoms with van der Waals surface area (Å²) in [5, 5.41) is 12.6. The Morgan fingerprint density at radius 2 is 2.06 bits per heavy atom. The molecule has 0 amide bonds. The van der Waals surface area contributed by atoms with Gasteiger partial charge in [0.25, 0.3) is 0 Å². The Morgan fingerprint density at radius 1 is 1.33 bits per heavy atom. The van der Waals surface area contributed by atoms with Crippen LogP contribution < -0.4 is 5.32 Å². The molecule has 2 rings (SSSR count). The number of hydrogen-bond donors (Lipinski definition) is 2. The lowest BCUT2D eigenvalue weighted by Crippen LogP contribution is -2.46. The van der Waals surface area contributed by atoms with E-state index in [2.05, 4.69) is 41.4 Å². The van der Waals surface area contributed by atoms with Crippen molar-refractivity contribution >= 4 is 0 Å². The first-order chi connectivity index (χ1) is 8.67. The summed E-state index contributed by atoms with van der Waals surface area (Å²) < 4.78 is 0. The van der Waals surface area contributed by atoms with Gasteiger partial charge in [-0.1, -0.05) is 24.3 Å². The van der Waals surface area contributed by atoms with Gasteiger partial charge in [-0.25, -0.2) is 0 Å². The minimum atomic E-state index is -0.156. The van der Waals surface area contributed by atoms with E-state index in [9.17, 15) is 5.11 Å². The van der Waals surface area contributed by atoms with Gasteiger partial charge in [-0.2, -0.15) is 0 Å². The van der Waals surface area contributed by atoms with Crippen LogP contribution in [0.1, 0.15) is 24.5 Å². The van der Waals surface area contributed by atoms with Crippen molar-refractivity contribution in [3.63, 3.8) is 0 Å². The molecular formula is C15H24N2O. The molecule has 1 atom stereocenters. The molecule has 0 spiro atoms. The van der Waals surface area contributed by atoms with Crippen molar-refractivity contribution < 1.29 is 5.11 Å². The normalized spacial score (nSPS) is 19.3. The second-order valence-corrected chi connectivity index (χ2v) is 5.51. The third-order valence-electron chi connectivity index (χ3n) is 4.14. The van der Waals surface area contributed by atoms with E-state index in [1.165, 1.54) is 11.1 Å². The molecule has 3 nitrogen and oxygen atoms in total. The predicted molar refractivity (Wildman–Crippen MR) is 74.6 cm³/mol. The minimum Gasteiger partial charge on any atom is -0.394 e. The Morgan fingerprint density at radius 3 is 2.72 bits per heavy atom. The molecule has 1 aromatic rings. The van der Waals surface area contributed by atoms with Crippen LogP contribution in [-0.4, -0.2) is 42.3 Å². The Hall–Kier alpha value is -0.900. The summed E-state index contributed by atoms with van der Waals surface area (Å²) in [6.45, 7) is 5.47. The molecule has 1 unspecified atom stereocenters. The molecule has 0 bridgehead atoms. The van der Waals surface area contributed by atoms with Crippen LogP contribution in [0.4, 0.5) is 0 Å². The summed E-state index contributed by atoms with van der Waals surface area (Å²) in [6, 6.07) is 8.70. The number of rotatable bonds is 5. The summed E-state index contributed by atoms with van der Waals surface area (Å²) >= 11 is 0. The highest BCUT2D eigenvalue weighted by molar-refractivity contribution is 5.29. The van der Waals surface area contributed by atoms with Crippen molar-refractivity contribution in [2.24, 2.45) is 0 Å². The molecule has 0 radical (unpaired) electrons. The van der Waals surface area contributed by atoms with E-state index >= 15 is 0 Å². The van der Waals surface area contributed by atoms with Crippen molar-refractivity contribution in [2.45, 2.75) is 31.8 Å². The quantitative estimate of drug-likeness (QED) is 0.827. The molecule has 2 N–H and O–H groups in total. The Kier molecular flexibility index (Phi) is 4.38. The van der Waals surface area contributed by atoms with Crippen LogP contribution in [0.5, 0.6) is 0 Å². The average Bonchev–Trinajstić information content (AvgIpc) is 2.44. The van der Waals surface area contributed by atoms with E-state index in [4.69, 9.17) is 0 Å².